The van der Waals surface area contributed by atoms with E-state index in [0.717, 1.165) is 41.0 Å². The van der Waals surface area contributed by atoms with Crippen LogP contribution in [0, 0.1) is 6.92 Å². The summed E-state index contributed by atoms with van der Waals surface area (Å²) in [5.41, 5.74) is 3.40. The van der Waals surface area contributed by atoms with Crippen LogP contribution in [0.5, 0.6) is 11.5 Å². The van der Waals surface area contributed by atoms with Crippen LogP contribution in [0.25, 0.3) is 0 Å². The number of ether oxygens (including phenoxy) is 2. The monoisotopic (exact) mass is 369 g/mol. The number of nitrogens with one attached hydrogen (secondary N) is 1. The highest BCUT2D eigenvalue weighted by atomic mass is 16.5. The first-order valence-corrected chi connectivity index (χ1v) is 9.59. The van der Waals surface area contributed by atoms with Crippen LogP contribution < -0.4 is 14.8 Å². The zero-order valence-corrected chi connectivity index (χ0v) is 17.0. The van der Waals surface area contributed by atoms with Gasteiger partial charge < -0.3 is 14.8 Å². The van der Waals surface area contributed by atoms with E-state index in [1.165, 1.54) is 0 Å². The van der Waals surface area contributed by atoms with Gasteiger partial charge in [0.2, 0.25) is 0 Å². The average Bonchev–Trinajstić information content (AvgIpc) is 2.65. The lowest BCUT2D eigenvalue weighted by molar-refractivity contribution is -0.127. The Morgan fingerprint density at radius 1 is 1.07 bits per heavy atom. The molecule has 4 nitrogen and oxygen atoms in total. The summed E-state index contributed by atoms with van der Waals surface area (Å²) in [6, 6.07) is 14.1. The minimum atomic E-state index is -0.532. The van der Waals surface area contributed by atoms with E-state index in [2.05, 4.69) is 37.4 Å². The molecule has 146 valence electrons. The Labute approximate surface area is 162 Å². The van der Waals surface area contributed by atoms with Gasteiger partial charge in [-0.15, -0.1) is 0 Å². The third-order valence-electron chi connectivity index (χ3n) is 4.58. The van der Waals surface area contributed by atoms with Crippen molar-refractivity contribution in [1.82, 2.24) is 5.32 Å². The molecule has 1 unspecified atom stereocenters. The van der Waals surface area contributed by atoms with E-state index >= 15 is 0 Å². The molecule has 0 fully saturated rings. The average molecular weight is 370 g/mol. The zero-order chi connectivity index (χ0) is 19.8. The van der Waals surface area contributed by atoms with Crippen molar-refractivity contribution in [3.63, 3.8) is 0 Å². The molecule has 0 saturated heterocycles. The maximum absolute atomic E-state index is 12.4. The van der Waals surface area contributed by atoms with Crippen molar-refractivity contribution in [3.8, 4) is 11.5 Å². The largest absolute Gasteiger partial charge is 0.496 e. The topological polar surface area (TPSA) is 47.6 Å². The Kier molecular flexibility index (Phi) is 7.71. The summed E-state index contributed by atoms with van der Waals surface area (Å²) in [6.45, 7) is 8.68. The SMILES string of the molecule is COc1ccccc1CCCNC(=O)C(C)Oc1cc(C)ccc1C(C)C. The normalized spacial score (nSPS) is 11.9. The Hall–Kier alpha value is -2.49. The maximum atomic E-state index is 12.4. The predicted octanol–water partition coefficient (Wildman–Crippen LogP) is 4.64. The van der Waals surface area contributed by atoms with Crippen LogP contribution in [0.4, 0.5) is 0 Å². The number of aryl methyl sites for hydroxylation is 2. The molecule has 1 N–H and O–H groups in total. The molecule has 0 aliphatic carbocycles. The Morgan fingerprint density at radius 2 is 1.81 bits per heavy atom. The minimum absolute atomic E-state index is 0.0914. The summed E-state index contributed by atoms with van der Waals surface area (Å²) in [7, 11) is 1.68. The van der Waals surface area contributed by atoms with Gasteiger partial charge in [0.15, 0.2) is 6.10 Å². The molecule has 0 aliphatic heterocycles. The first-order valence-electron chi connectivity index (χ1n) is 9.59. The van der Waals surface area contributed by atoms with Crippen LogP contribution in [-0.2, 0) is 11.2 Å². The van der Waals surface area contributed by atoms with Crippen molar-refractivity contribution in [2.45, 2.75) is 52.6 Å². The van der Waals surface area contributed by atoms with Crippen LogP contribution in [0.2, 0.25) is 0 Å². The molecule has 0 saturated carbocycles. The van der Waals surface area contributed by atoms with Crippen LogP contribution in [0.1, 0.15) is 49.8 Å². The molecular formula is C23H31NO3. The van der Waals surface area contributed by atoms with E-state index in [4.69, 9.17) is 9.47 Å². The van der Waals surface area contributed by atoms with Crippen molar-refractivity contribution >= 4 is 5.91 Å². The number of hydrogen-bond acceptors (Lipinski definition) is 3. The summed E-state index contributed by atoms with van der Waals surface area (Å²) in [6.07, 6.45) is 1.17. The standard InChI is InChI=1S/C23H31NO3/c1-16(2)20-13-12-17(3)15-22(20)27-18(4)23(25)24-14-8-10-19-9-6-7-11-21(19)26-5/h6-7,9,11-13,15-16,18H,8,10,14H2,1-5H3,(H,24,25). The Bertz CT molecular complexity index is 755. The number of para-hydroxylation sites is 1. The van der Waals surface area contributed by atoms with Crippen molar-refractivity contribution in [2.75, 3.05) is 13.7 Å². The molecule has 2 rings (SSSR count). The van der Waals surface area contributed by atoms with Gasteiger partial charge in [-0.25, -0.2) is 0 Å². The van der Waals surface area contributed by atoms with Gasteiger partial charge in [-0.3, -0.25) is 4.79 Å². The first kappa shape index (κ1) is 20.8. The quantitative estimate of drug-likeness (QED) is 0.655. The van der Waals surface area contributed by atoms with Gasteiger partial charge in [0.25, 0.3) is 5.91 Å². The number of methoxy groups -OCH3 is 1. The molecule has 0 aliphatic rings. The Morgan fingerprint density at radius 3 is 2.52 bits per heavy atom. The van der Waals surface area contributed by atoms with Gasteiger partial charge >= 0.3 is 0 Å². The molecular weight excluding hydrogens is 338 g/mol. The summed E-state index contributed by atoms with van der Waals surface area (Å²) in [5.74, 6) is 1.94. The molecule has 0 bridgehead atoms. The van der Waals surface area contributed by atoms with Gasteiger partial charge in [-0.1, -0.05) is 44.2 Å². The summed E-state index contributed by atoms with van der Waals surface area (Å²) in [4.78, 5) is 12.4. The second kappa shape index (κ2) is 10.0. The lowest BCUT2D eigenvalue weighted by atomic mass is 10.0. The lowest BCUT2D eigenvalue weighted by Crippen LogP contribution is -2.37. The second-order valence-corrected chi connectivity index (χ2v) is 7.16. The van der Waals surface area contributed by atoms with E-state index in [1.54, 1.807) is 14.0 Å². The molecule has 2 aromatic rings. The van der Waals surface area contributed by atoms with E-state index in [9.17, 15) is 4.79 Å². The summed E-state index contributed by atoms with van der Waals surface area (Å²) >= 11 is 0. The minimum Gasteiger partial charge on any atom is -0.496 e. The van der Waals surface area contributed by atoms with E-state index in [1.807, 2.05) is 31.2 Å². The molecule has 0 spiro atoms. The van der Waals surface area contributed by atoms with Crippen LogP contribution in [0.15, 0.2) is 42.5 Å². The third-order valence-corrected chi connectivity index (χ3v) is 4.58. The molecule has 0 heterocycles. The predicted molar refractivity (Wildman–Crippen MR) is 110 cm³/mol. The number of carbonyl (C=O) groups is 1. The van der Waals surface area contributed by atoms with E-state index < -0.39 is 6.10 Å². The number of hydrogen-bond donors (Lipinski definition) is 1. The third kappa shape index (κ3) is 6.02. The lowest BCUT2D eigenvalue weighted by Gasteiger charge is -2.19. The smallest absolute Gasteiger partial charge is 0.260 e. The van der Waals surface area contributed by atoms with Crippen molar-refractivity contribution < 1.29 is 14.3 Å². The Balaban J connectivity index is 1.85. The fraction of sp³-hybridized carbons (Fsp3) is 0.435. The fourth-order valence-electron chi connectivity index (χ4n) is 3.01. The molecule has 27 heavy (non-hydrogen) atoms. The van der Waals surface area contributed by atoms with Gasteiger partial charge in [0.05, 0.1) is 7.11 Å². The van der Waals surface area contributed by atoms with Crippen molar-refractivity contribution in [2.24, 2.45) is 0 Å². The number of amides is 1. The van der Waals surface area contributed by atoms with E-state index in [0.29, 0.717) is 12.5 Å². The molecule has 0 aromatic heterocycles. The number of benzene rings is 2. The van der Waals surface area contributed by atoms with Crippen LogP contribution in [-0.4, -0.2) is 25.7 Å². The van der Waals surface area contributed by atoms with Gasteiger partial charge in [-0.05, 0) is 61.4 Å². The fourth-order valence-corrected chi connectivity index (χ4v) is 3.01. The molecule has 4 heteroatoms. The van der Waals surface area contributed by atoms with Gasteiger partial charge in [0.1, 0.15) is 11.5 Å². The maximum Gasteiger partial charge on any atom is 0.260 e. The highest BCUT2D eigenvalue weighted by Gasteiger charge is 2.17. The molecule has 2 aromatic carbocycles. The number of carbonyl (C=O) groups excluding carboxylic acids is 1. The number of rotatable bonds is 9. The molecule has 1 amide bonds. The van der Waals surface area contributed by atoms with Crippen LogP contribution in [0.3, 0.4) is 0 Å². The summed E-state index contributed by atoms with van der Waals surface area (Å²) in [5, 5.41) is 2.97. The van der Waals surface area contributed by atoms with Crippen molar-refractivity contribution in [1.29, 1.82) is 0 Å². The second-order valence-electron chi connectivity index (χ2n) is 7.16. The molecule has 1 atom stereocenters. The van der Waals surface area contributed by atoms with Crippen LogP contribution >= 0.6 is 0 Å². The van der Waals surface area contributed by atoms with Gasteiger partial charge in [-0.2, -0.15) is 0 Å². The molecule has 0 radical (unpaired) electrons. The van der Waals surface area contributed by atoms with Gasteiger partial charge in [0, 0.05) is 6.54 Å². The van der Waals surface area contributed by atoms with Crippen molar-refractivity contribution in [3.05, 3.63) is 59.2 Å². The van der Waals surface area contributed by atoms with E-state index in [-0.39, 0.29) is 5.91 Å². The first-order chi connectivity index (χ1) is 12.9. The summed E-state index contributed by atoms with van der Waals surface area (Å²) < 4.78 is 11.3. The highest BCUT2D eigenvalue weighted by molar-refractivity contribution is 5.80. The highest BCUT2D eigenvalue weighted by Crippen LogP contribution is 2.28. The zero-order valence-electron chi connectivity index (χ0n) is 17.0.